The van der Waals surface area contributed by atoms with E-state index in [0.29, 0.717) is 0 Å². The molecule has 0 aliphatic carbocycles. The molecule has 0 radical (unpaired) electrons. The molecule has 0 aliphatic heterocycles. The Morgan fingerprint density at radius 3 is 1.65 bits per heavy atom. The summed E-state index contributed by atoms with van der Waals surface area (Å²) >= 11 is 3.31. The van der Waals surface area contributed by atoms with Gasteiger partial charge in [-0.3, -0.25) is 0 Å². The van der Waals surface area contributed by atoms with Crippen molar-refractivity contribution >= 4 is 15.9 Å². The molecule has 0 amide bonds. The summed E-state index contributed by atoms with van der Waals surface area (Å²) in [5.41, 5.74) is 6.00. The van der Waals surface area contributed by atoms with Crippen molar-refractivity contribution in [1.82, 2.24) is 28.2 Å². The number of rotatable bonds is 12. The van der Waals surface area contributed by atoms with E-state index in [-0.39, 0.29) is 0 Å². The number of aromatic nitrogens is 7. The average Bonchev–Trinajstić information content (AvgIpc) is 3.96. The number of alkyl halides is 1. The van der Waals surface area contributed by atoms with Gasteiger partial charge >= 0.3 is 0 Å². The van der Waals surface area contributed by atoms with Crippen LogP contribution in [0.4, 0.5) is 0 Å². The third kappa shape index (κ3) is 12.8. The van der Waals surface area contributed by atoms with Gasteiger partial charge in [0.1, 0.15) is 18.1 Å². The highest BCUT2D eigenvalue weighted by Crippen LogP contribution is 2.17. The molecule has 0 fully saturated rings. The summed E-state index contributed by atoms with van der Waals surface area (Å²) in [7, 11) is 0. The van der Waals surface area contributed by atoms with Crippen LogP contribution >= 0.6 is 15.9 Å². The second kappa shape index (κ2) is 22.4. The predicted molar refractivity (Wildman–Crippen MR) is 204 cm³/mol. The molecule has 0 aliphatic rings. The zero-order valence-corrected chi connectivity index (χ0v) is 31.2. The van der Waals surface area contributed by atoms with Crippen LogP contribution < -0.4 is 4.57 Å². The van der Waals surface area contributed by atoms with Crippen molar-refractivity contribution < 1.29 is 4.57 Å². The minimum absolute atomic E-state index is 1.08. The molecule has 48 heavy (non-hydrogen) atoms. The van der Waals surface area contributed by atoms with Crippen molar-refractivity contribution in [1.29, 1.82) is 0 Å². The second-order valence-electron chi connectivity index (χ2n) is 11.7. The van der Waals surface area contributed by atoms with Crippen molar-refractivity contribution in [2.24, 2.45) is 0 Å². The molecule has 0 N–H and O–H groups in total. The van der Waals surface area contributed by atoms with E-state index in [9.17, 15) is 0 Å². The van der Waals surface area contributed by atoms with Gasteiger partial charge in [-0.2, -0.15) is 0 Å². The van der Waals surface area contributed by atoms with E-state index in [2.05, 4.69) is 142 Å². The van der Waals surface area contributed by atoms with Gasteiger partial charge in [0.05, 0.1) is 19.2 Å². The van der Waals surface area contributed by atoms with Crippen molar-refractivity contribution in [2.75, 3.05) is 5.33 Å². The summed E-state index contributed by atoms with van der Waals surface area (Å²) in [5, 5.41) is 1.16. The molecule has 8 heteroatoms. The fraction of sp³-hybridized carbons (Fsp3) is 0.375. The standard InChI is InChI=1S/C21H28N3.C12H10N4.C4H9Br.C3H8/c1-3-5-8-19-11-13-23(17-19)20-9-7-10-21(16-20)24-15-14-22(18-24)12-6-4-2;1-2-11(15-6-4-13-9-15)8-12(3-1)16-7-5-14-10-16;1-2-3-4-5;1-3-2/h7,9-11,13-18H,3-6,8,12H2,1-2H3;1-10H;2-4H2,1H3;3H2,1-2H3/q+1;;;. The predicted octanol–water partition coefficient (Wildman–Crippen LogP) is 10.4. The molecule has 0 bridgehead atoms. The van der Waals surface area contributed by atoms with Crippen LogP contribution in [0.3, 0.4) is 0 Å². The first kappa shape index (κ1) is 38.3. The Labute approximate surface area is 297 Å². The number of nitrogens with zero attached hydrogens (tertiary/aromatic N) is 7. The van der Waals surface area contributed by atoms with Crippen LogP contribution in [0.15, 0.2) is 123 Å². The molecule has 0 saturated heterocycles. The molecule has 4 heterocycles. The highest BCUT2D eigenvalue weighted by molar-refractivity contribution is 9.09. The lowest BCUT2D eigenvalue weighted by Crippen LogP contribution is -2.30. The summed E-state index contributed by atoms with van der Waals surface area (Å²) in [6.07, 6.45) is 31.8. The first-order chi connectivity index (χ1) is 23.6. The summed E-state index contributed by atoms with van der Waals surface area (Å²) in [6, 6.07) is 19.1. The lowest BCUT2D eigenvalue weighted by Gasteiger charge is -2.06. The van der Waals surface area contributed by atoms with Crippen LogP contribution in [0.2, 0.25) is 0 Å². The quantitative estimate of drug-likeness (QED) is 0.0937. The SMILES string of the molecule is CCC.CCCCBr.CCCCc1ccn(-c2cccc(-n3cc[n+](CCCC)c3)c2)c1.c1cc(-n2ccnc2)cc(-n2ccnc2)c1. The van der Waals surface area contributed by atoms with Crippen LogP contribution in [0.25, 0.3) is 22.7 Å². The third-order valence-corrected chi connectivity index (χ3v) is 7.94. The molecule has 0 saturated carbocycles. The van der Waals surface area contributed by atoms with Gasteiger partial charge in [-0.25, -0.2) is 19.1 Å². The Morgan fingerprint density at radius 1 is 0.625 bits per heavy atom. The first-order valence-electron chi connectivity index (χ1n) is 17.5. The smallest absolute Gasteiger partial charge is 0.248 e. The van der Waals surface area contributed by atoms with Crippen LogP contribution in [0.5, 0.6) is 0 Å². The van der Waals surface area contributed by atoms with Gasteiger partial charge in [-0.05, 0) is 67.6 Å². The normalized spacial score (nSPS) is 10.3. The Kier molecular flexibility index (Phi) is 17.9. The summed E-state index contributed by atoms with van der Waals surface area (Å²) < 4.78 is 10.6. The molecule has 4 aromatic heterocycles. The lowest BCUT2D eigenvalue weighted by molar-refractivity contribution is -0.696. The molecule has 7 nitrogen and oxygen atoms in total. The topological polar surface area (TPSA) is 49.4 Å². The minimum Gasteiger partial charge on any atom is -0.323 e. The van der Waals surface area contributed by atoms with Crippen LogP contribution in [-0.2, 0) is 13.0 Å². The highest BCUT2D eigenvalue weighted by Gasteiger charge is 2.08. The fourth-order valence-electron chi connectivity index (χ4n) is 4.74. The van der Waals surface area contributed by atoms with Gasteiger partial charge in [-0.15, -0.1) is 0 Å². The largest absolute Gasteiger partial charge is 0.323 e. The van der Waals surface area contributed by atoms with E-state index in [1.165, 1.54) is 61.9 Å². The molecule has 256 valence electrons. The van der Waals surface area contributed by atoms with E-state index < -0.39 is 0 Å². The van der Waals surface area contributed by atoms with Gasteiger partial charge in [-0.1, -0.05) is 88.4 Å². The molecule has 6 rings (SSSR count). The minimum atomic E-state index is 1.08. The monoisotopic (exact) mass is 712 g/mol. The zero-order chi connectivity index (χ0) is 34.4. The van der Waals surface area contributed by atoms with E-state index >= 15 is 0 Å². The second-order valence-corrected chi connectivity index (χ2v) is 12.5. The summed E-state index contributed by atoms with van der Waals surface area (Å²) in [4.78, 5) is 8.07. The van der Waals surface area contributed by atoms with Crippen LogP contribution in [-0.4, -0.2) is 33.6 Å². The van der Waals surface area contributed by atoms with Gasteiger partial charge in [0, 0.05) is 65.6 Å². The number of aryl methyl sites for hydroxylation is 2. The van der Waals surface area contributed by atoms with Gasteiger partial charge in [0.15, 0.2) is 0 Å². The first-order valence-corrected chi connectivity index (χ1v) is 18.7. The number of halogens is 1. The molecule has 2 aromatic carbocycles. The number of benzene rings is 2. The Bertz CT molecular complexity index is 1540. The van der Waals surface area contributed by atoms with Crippen LogP contribution in [0.1, 0.15) is 85.1 Å². The van der Waals surface area contributed by atoms with E-state index in [1.54, 1.807) is 25.0 Å². The lowest BCUT2D eigenvalue weighted by atomic mass is 10.2. The van der Waals surface area contributed by atoms with Crippen molar-refractivity contribution in [2.45, 2.75) is 92.5 Å². The molecule has 6 aromatic rings. The van der Waals surface area contributed by atoms with E-state index in [4.69, 9.17) is 0 Å². The summed E-state index contributed by atoms with van der Waals surface area (Å²) in [6.45, 7) is 12.0. The maximum absolute atomic E-state index is 4.03. The number of hydrogen-bond donors (Lipinski definition) is 0. The molecule has 0 atom stereocenters. The summed E-state index contributed by atoms with van der Waals surface area (Å²) in [5.74, 6) is 0. The van der Waals surface area contributed by atoms with E-state index in [1.807, 2.05) is 39.7 Å². The van der Waals surface area contributed by atoms with Crippen molar-refractivity contribution in [3.63, 3.8) is 0 Å². The van der Waals surface area contributed by atoms with Crippen LogP contribution in [0, 0.1) is 0 Å². The van der Waals surface area contributed by atoms with Gasteiger partial charge < -0.3 is 13.7 Å². The molecular weight excluding hydrogens is 658 g/mol. The highest BCUT2D eigenvalue weighted by atomic mass is 79.9. The van der Waals surface area contributed by atoms with Gasteiger partial charge in [0.25, 0.3) is 0 Å². The average molecular weight is 714 g/mol. The number of unbranched alkanes of at least 4 members (excludes halogenated alkanes) is 3. The number of imidazole rings is 3. The fourth-order valence-corrected chi connectivity index (χ4v) is 5.30. The maximum Gasteiger partial charge on any atom is 0.248 e. The van der Waals surface area contributed by atoms with Crippen molar-refractivity contribution in [3.8, 4) is 22.7 Å². The molecular formula is C40H55BrN7+. The van der Waals surface area contributed by atoms with E-state index in [0.717, 1.165) is 29.7 Å². The Balaban J connectivity index is 0.000000223. The molecule has 0 unspecified atom stereocenters. The van der Waals surface area contributed by atoms with Crippen molar-refractivity contribution in [3.05, 3.63) is 129 Å². The number of hydrogen-bond acceptors (Lipinski definition) is 2. The van der Waals surface area contributed by atoms with Gasteiger partial charge in [0.2, 0.25) is 6.33 Å². The molecule has 0 spiro atoms. The Morgan fingerprint density at radius 2 is 1.17 bits per heavy atom. The maximum atomic E-state index is 4.03. The zero-order valence-electron chi connectivity index (χ0n) is 29.6. The Hall–Kier alpha value is -4.17. The third-order valence-electron chi connectivity index (χ3n) is 7.38.